The van der Waals surface area contributed by atoms with E-state index in [0.717, 1.165) is 19.4 Å². The first kappa shape index (κ1) is 14.4. The first-order valence-electron chi connectivity index (χ1n) is 5.68. The molecule has 0 fully saturated rings. The van der Waals surface area contributed by atoms with Gasteiger partial charge in [0, 0.05) is 6.04 Å². The smallest absolute Gasteiger partial charge is 0.0683 e. The fraction of sp³-hybridized carbons (Fsp3) is 0.917. The molecule has 0 aliphatic rings. The molecule has 3 heteroatoms. The molecule has 0 saturated carbocycles. The summed E-state index contributed by atoms with van der Waals surface area (Å²) in [6.07, 6.45) is 1.87. The average Bonchev–Trinajstić information content (AvgIpc) is 2.17. The van der Waals surface area contributed by atoms with E-state index in [9.17, 15) is 0 Å². The van der Waals surface area contributed by atoms with Crippen LogP contribution in [-0.2, 0) is 0 Å². The fourth-order valence-corrected chi connectivity index (χ4v) is 1.38. The number of rotatable bonds is 7. The van der Waals surface area contributed by atoms with Gasteiger partial charge in [0.05, 0.1) is 18.1 Å². The molecule has 0 spiro atoms. The molecular weight excluding hydrogens is 188 g/mol. The first-order valence-corrected chi connectivity index (χ1v) is 5.68. The minimum Gasteiger partial charge on any atom is -0.395 e. The van der Waals surface area contributed by atoms with E-state index in [1.54, 1.807) is 0 Å². The molecule has 15 heavy (non-hydrogen) atoms. The molecule has 0 radical (unpaired) electrons. The van der Waals surface area contributed by atoms with Gasteiger partial charge in [-0.15, -0.1) is 0 Å². The maximum absolute atomic E-state index is 9.09. The highest BCUT2D eigenvalue weighted by molar-refractivity contribution is 4.91. The number of nitrogens with zero attached hydrogens (tertiary/aromatic N) is 1. The third kappa shape index (κ3) is 6.48. The third-order valence-electron chi connectivity index (χ3n) is 2.69. The van der Waals surface area contributed by atoms with Gasteiger partial charge in [-0.25, -0.2) is 0 Å². The molecule has 0 aromatic carbocycles. The molecule has 0 bridgehead atoms. The Morgan fingerprint density at radius 2 is 2.00 bits per heavy atom. The summed E-state index contributed by atoms with van der Waals surface area (Å²) >= 11 is 0. The zero-order valence-corrected chi connectivity index (χ0v) is 10.4. The van der Waals surface area contributed by atoms with Crippen LogP contribution in [0.1, 0.15) is 40.5 Å². The first-order chi connectivity index (χ1) is 6.93. The molecule has 0 rings (SSSR count). The Morgan fingerprint density at radius 3 is 2.40 bits per heavy atom. The Kier molecular flexibility index (Phi) is 6.55. The summed E-state index contributed by atoms with van der Waals surface area (Å²) in [5.74, 6) is 0.443. The van der Waals surface area contributed by atoms with Crippen LogP contribution in [0.2, 0.25) is 0 Å². The number of hydrogen-bond acceptors (Lipinski definition) is 3. The van der Waals surface area contributed by atoms with Gasteiger partial charge >= 0.3 is 0 Å². The second-order valence-corrected chi connectivity index (χ2v) is 5.09. The Labute approximate surface area is 93.5 Å². The Morgan fingerprint density at radius 1 is 1.40 bits per heavy atom. The van der Waals surface area contributed by atoms with Crippen molar-refractivity contribution in [3.8, 4) is 6.07 Å². The van der Waals surface area contributed by atoms with Gasteiger partial charge in [0.25, 0.3) is 0 Å². The van der Waals surface area contributed by atoms with E-state index < -0.39 is 0 Å². The van der Waals surface area contributed by atoms with E-state index in [-0.39, 0.29) is 18.1 Å². The monoisotopic (exact) mass is 212 g/mol. The van der Waals surface area contributed by atoms with Crippen LogP contribution in [0.5, 0.6) is 0 Å². The highest BCUT2D eigenvalue weighted by Gasteiger charge is 2.16. The van der Waals surface area contributed by atoms with Crippen molar-refractivity contribution >= 4 is 0 Å². The van der Waals surface area contributed by atoms with Crippen molar-refractivity contribution in [2.24, 2.45) is 11.3 Å². The van der Waals surface area contributed by atoms with Crippen molar-refractivity contribution in [1.29, 1.82) is 5.26 Å². The van der Waals surface area contributed by atoms with Gasteiger partial charge in [-0.2, -0.15) is 5.26 Å². The lowest BCUT2D eigenvalue weighted by Crippen LogP contribution is -2.37. The number of aliphatic hydroxyl groups is 1. The minimum absolute atomic E-state index is 0.176. The maximum atomic E-state index is 9.09. The molecule has 1 atom stereocenters. The Bertz CT molecular complexity index is 206. The summed E-state index contributed by atoms with van der Waals surface area (Å²) in [6, 6.07) is 2.47. The predicted molar refractivity (Wildman–Crippen MR) is 62.3 cm³/mol. The molecule has 3 nitrogen and oxygen atoms in total. The molecule has 2 N–H and O–H groups in total. The van der Waals surface area contributed by atoms with Crippen LogP contribution in [0.15, 0.2) is 0 Å². The SMILES string of the molecule is CC(C)C(CO)NCCCC(C)(C)C#N. The molecule has 0 amide bonds. The van der Waals surface area contributed by atoms with E-state index in [0.29, 0.717) is 5.92 Å². The van der Waals surface area contributed by atoms with E-state index in [2.05, 4.69) is 25.2 Å². The Balaban J connectivity index is 3.67. The highest BCUT2D eigenvalue weighted by atomic mass is 16.3. The quantitative estimate of drug-likeness (QED) is 0.634. The van der Waals surface area contributed by atoms with Crippen LogP contribution in [0.3, 0.4) is 0 Å². The van der Waals surface area contributed by atoms with Crippen molar-refractivity contribution in [2.45, 2.75) is 46.6 Å². The van der Waals surface area contributed by atoms with Crippen molar-refractivity contribution in [3.05, 3.63) is 0 Å². The van der Waals surface area contributed by atoms with Crippen LogP contribution in [0.25, 0.3) is 0 Å². The predicted octanol–water partition coefficient (Wildman–Crippen LogP) is 1.92. The minimum atomic E-state index is -0.228. The van der Waals surface area contributed by atoms with Crippen LogP contribution >= 0.6 is 0 Å². The van der Waals surface area contributed by atoms with Gasteiger partial charge in [0.2, 0.25) is 0 Å². The molecule has 0 aromatic heterocycles. The average molecular weight is 212 g/mol. The summed E-state index contributed by atoms with van der Waals surface area (Å²) in [4.78, 5) is 0. The molecule has 1 unspecified atom stereocenters. The topological polar surface area (TPSA) is 56.0 Å². The van der Waals surface area contributed by atoms with Crippen LogP contribution < -0.4 is 5.32 Å². The van der Waals surface area contributed by atoms with Gasteiger partial charge in [-0.3, -0.25) is 0 Å². The van der Waals surface area contributed by atoms with Crippen LogP contribution in [-0.4, -0.2) is 24.3 Å². The summed E-state index contributed by atoms with van der Waals surface area (Å²) < 4.78 is 0. The van der Waals surface area contributed by atoms with Gasteiger partial charge in [-0.05, 0) is 39.2 Å². The highest BCUT2D eigenvalue weighted by Crippen LogP contribution is 2.20. The lowest BCUT2D eigenvalue weighted by Gasteiger charge is -2.21. The Hall–Kier alpha value is -0.590. The molecule has 0 aliphatic carbocycles. The van der Waals surface area contributed by atoms with Gasteiger partial charge in [0.15, 0.2) is 0 Å². The number of nitrogens with one attached hydrogen (secondary N) is 1. The second-order valence-electron chi connectivity index (χ2n) is 5.09. The van der Waals surface area contributed by atoms with Crippen molar-refractivity contribution < 1.29 is 5.11 Å². The number of hydrogen-bond donors (Lipinski definition) is 2. The van der Waals surface area contributed by atoms with Gasteiger partial charge in [-0.1, -0.05) is 13.8 Å². The molecule has 0 aromatic rings. The lowest BCUT2D eigenvalue weighted by atomic mass is 9.90. The zero-order valence-electron chi connectivity index (χ0n) is 10.4. The summed E-state index contributed by atoms with van der Waals surface area (Å²) in [5, 5.41) is 21.2. The van der Waals surface area contributed by atoms with Gasteiger partial charge in [0.1, 0.15) is 0 Å². The van der Waals surface area contributed by atoms with Crippen molar-refractivity contribution in [2.75, 3.05) is 13.2 Å². The number of nitriles is 1. The summed E-state index contributed by atoms with van der Waals surface area (Å²) in [7, 11) is 0. The molecular formula is C12H24N2O. The molecule has 88 valence electrons. The van der Waals surface area contributed by atoms with Crippen LogP contribution in [0, 0.1) is 22.7 Å². The normalized spacial score (nSPS) is 13.9. The fourth-order valence-electron chi connectivity index (χ4n) is 1.38. The maximum Gasteiger partial charge on any atom is 0.0683 e. The van der Waals surface area contributed by atoms with E-state index in [1.165, 1.54) is 0 Å². The van der Waals surface area contributed by atoms with Crippen molar-refractivity contribution in [1.82, 2.24) is 5.32 Å². The van der Waals surface area contributed by atoms with E-state index in [4.69, 9.17) is 10.4 Å². The van der Waals surface area contributed by atoms with Gasteiger partial charge < -0.3 is 10.4 Å². The molecule has 0 heterocycles. The lowest BCUT2D eigenvalue weighted by molar-refractivity contribution is 0.209. The van der Waals surface area contributed by atoms with E-state index >= 15 is 0 Å². The van der Waals surface area contributed by atoms with E-state index in [1.807, 2.05) is 13.8 Å². The van der Waals surface area contributed by atoms with Crippen molar-refractivity contribution in [3.63, 3.8) is 0 Å². The number of aliphatic hydroxyl groups excluding tert-OH is 1. The molecule has 0 saturated heterocycles. The standard InChI is InChI=1S/C12H24N2O/c1-10(2)11(8-15)14-7-5-6-12(3,4)9-13/h10-11,14-15H,5-8H2,1-4H3. The zero-order chi connectivity index (χ0) is 11.9. The summed E-state index contributed by atoms with van der Waals surface area (Å²) in [6.45, 7) is 9.14. The summed E-state index contributed by atoms with van der Waals surface area (Å²) in [5.41, 5.74) is -0.228. The molecule has 0 aliphatic heterocycles. The second kappa shape index (κ2) is 6.81. The van der Waals surface area contributed by atoms with Crippen LogP contribution in [0.4, 0.5) is 0 Å². The third-order valence-corrected chi connectivity index (χ3v) is 2.69. The largest absolute Gasteiger partial charge is 0.395 e.